The molecule has 2 unspecified atom stereocenters. The predicted octanol–water partition coefficient (Wildman–Crippen LogP) is 5.31. The van der Waals surface area contributed by atoms with Crippen LogP contribution in [0.2, 0.25) is 0 Å². The minimum absolute atomic E-state index is 0.0596. The van der Waals surface area contributed by atoms with Crippen LogP contribution in [0.1, 0.15) is 37.9 Å². The van der Waals surface area contributed by atoms with Gasteiger partial charge in [-0.15, -0.1) is 0 Å². The molecule has 168 valence electrons. The highest BCUT2D eigenvalue weighted by atomic mass is 32.2. The molecule has 5 nitrogen and oxygen atoms in total. The molecule has 1 heterocycles. The summed E-state index contributed by atoms with van der Waals surface area (Å²) in [5, 5.41) is 4.63. The summed E-state index contributed by atoms with van der Waals surface area (Å²) in [5.41, 5.74) is 0.607. The molecule has 1 aromatic carbocycles. The molecule has 0 amide bonds. The van der Waals surface area contributed by atoms with Gasteiger partial charge in [0.15, 0.2) is 9.84 Å². The third kappa shape index (κ3) is 5.31. The summed E-state index contributed by atoms with van der Waals surface area (Å²) in [7, 11) is -3.31. The normalized spacial score (nSPS) is 23.9. The van der Waals surface area contributed by atoms with Crippen LogP contribution in [0.3, 0.4) is 0 Å². The summed E-state index contributed by atoms with van der Waals surface area (Å²) in [6.07, 6.45) is 2.32. The lowest BCUT2D eigenvalue weighted by Gasteiger charge is -2.34. The smallest absolute Gasteiger partial charge is 0.248 e. The van der Waals surface area contributed by atoms with Gasteiger partial charge in [0.05, 0.1) is 11.9 Å². The standard InChI is InChI=1S/C22H24F3NO4S/c1-14-10-21(26-30-14)19-5-2-17(11-20(19)23)29-13-16-12-22(24,25)8-6-15(16)7-9-31(27,28)18-3-4-18/h2,5,7,9-11,15-16,18H,3-4,6,8,12-13H2,1H3/b9-7-. The molecule has 2 aliphatic carbocycles. The van der Waals surface area contributed by atoms with Gasteiger partial charge >= 0.3 is 0 Å². The second-order valence-electron chi connectivity index (χ2n) is 8.42. The highest BCUT2D eigenvalue weighted by molar-refractivity contribution is 7.95. The van der Waals surface area contributed by atoms with E-state index in [-0.39, 0.29) is 41.9 Å². The monoisotopic (exact) mass is 455 g/mol. The first-order valence-electron chi connectivity index (χ1n) is 10.3. The number of allylic oxidation sites excluding steroid dienone is 1. The van der Waals surface area contributed by atoms with Crippen molar-refractivity contribution in [1.29, 1.82) is 0 Å². The lowest BCUT2D eigenvalue weighted by molar-refractivity contribution is -0.0699. The maximum atomic E-state index is 14.5. The molecule has 31 heavy (non-hydrogen) atoms. The molecule has 9 heteroatoms. The van der Waals surface area contributed by atoms with Gasteiger partial charge in [-0.2, -0.15) is 0 Å². The van der Waals surface area contributed by atoms with E-state index in [1.807, 2.05) is 0 Å². The van der Waals surface area contributed by atoms with Crippen molar-refractivity contribution in [2.45, 2.75) is 50.2 Å². The van der Waals surface area contributed by atoms with Crippen molar-refractivity contribution in [3.63, 3.8) is 0 Å². The van der Waals surface area contributed by atoms with Crippen molar-refractivity contribution >= 4 is 9.84 Å². The zero-order chi connectivity index (χ0) is 22.2. The summed E-state index contributed by atoms with van der Waals surface area (Å²) < 4.78 is 77.3. The highest BCUT2D eigenvalue weighted by Gasteiger charge is 2.41. The van der Waals surface area contributed by atoms with Crippen LogP contribution in [0.5, 0.6) is 5.75 Å². The zero-order valence-electron chi connectivity index (χ0n) is 17.1. The van der Waals surface area contributed by atoms with Gasteiger partial charge < -0.3 is 9.26 Å². The number of rotatable bonds is 7. The Morgan fingerprint density at radius 3 is 2.68 bits per heavy atom. The SMILES string of the molecule is Cc1cc(-c2ccc(OCC3CC(F)(F)CCC3/C=C\S(=O)(=O)C3CC3)cc2F)no1. The summed E-state index contributed by atoms with van der Waals surface area (Å²) in [6.45, 7) is 1.64. The molecule has 2 aliphatic rings. The fourth-order valence-corrected chi connectivity index (χ4v) is 5.33. The Bertz CT molecular complexity index is 1080. The average Bonchev–Trinajstić information content (AvgIpc) is 3.48. The van der Waals surface area contributed by atoms with E-state index in [1.54, 1.807) is 19.1 Å². The van der Waals surface area contributed by atoms with Crippen LogP contribution in [0, 0.1) is 24.6 Å². The quantitative estimate of drug-likeness (QED) is 0.566. The number of hydrogen-bond donors (Lipinski definition) is 0. The van der Waals surface area contributed by atoms with Gasteiger partial charge in [-0.1, -0.05) is 11.2 Å². The number of ether oxygens (including phenoxy) is 1. The van der Waals surface area contributed by atoms with Gasteiger partial charge in [0, 0.05) is 41.9 Å². The number of benzene rings is 1. The molecule has 0 saturated heterocycles. The van der Waals surface area contributed by atoms with Crippen LogP contribution in [0.4, 0.5) is 13.2 Å². The number of alkyl halides is 2. The fourth-order valence-electron chi connectivity index (χ4n) is 3.89. The lowest BCUT2D eigenvalue weighted by Crippen LogP contribution is -2.35. The number of halogens is 3. The predicted molar refractivity (Wildman–Crippen MR) is 109 cm³/mol. The lowest BCUT2D eigenvalue weighted by atomic mass is 9.78. The number of hydrogen-bond acceptors (Lipinski definition) is 5. The molecule has 2 fully saturated rings. The molecule has 1 aromatic heterocycles. The Balaban J connectivity index is 1.45. The molecule has 2 atom stereocenters. The van der Waals surface area contributed by atoms with E-state index in [0.29, 0.717) is 24.3 Å². The van der Waals surface area contributed by atoms with Crippen molar-refractivity contribution in [3.05, 3.63) is 47.3 Å². The maximum absolute atomic E-state index is 14.5. The van der Waals surface area contributed by atoms with Crippen LogP contribution in [0.15, 0.2) is 40.3 Å². The van der Waals surface area contributed by atoms with Gasteiger partial charge in [-0.3, -0.25) is 0 Å². The molecule has 2 aromatic rings. The summed E-state index contributed by atoms with van der Waals surface area (Å²) in [6, 6.07) is 5.83. The van der Waals surface area contributed by atoms with E-state index >= 15 is 0 Å². The summed E-state index contributed by atoms with van der Waals surface area (Å²) >= 11 is 0. The first-order chi connectivity index (χ1) is 14.6. The van der Waals surface area contributed by atoms with Crippen molar-refractivity contribution < 1.29 is 30.8 Å². The van der Waals surface area contributed by atoms with Crippen LogP contribution in [-0.2, 0) is 9.84 Å². The third-order valence-electron chi connectivity index (χ3n) is 5.82. The molecule has 0 radical (unpaired) electrons. The number of aryl methyl sites for hydroxylation is 1. The Kier molecular flexibility index (Phi) is 5.89. The van der Waals surface area contributed by atoms with Crippen molar-refractivity contribution in [2.75, 3.05) is 6.61 Å². The third-order valence-corrected chi connectivity index (χ3v) is 7.76. The molecular formula is C22H24F3NO4S. The molecule has 2 saturated carbocycles. The molecule has 0 N–H and O–H groups in total. The Morgan fingerprint density at radius 2 is 2.03 bits per heavy atom. The Morgan fingerprint density at radius 1 is 1.26 bits per heavy atom. The van der Waals surface area contributed by atoms with Gasteiger partial charge in [0.25, 0.3) is 0 Å². The molecular weight excluding hydrogens is 431 g/mol. The van der Waals surface area contributed by atoms with Gasteiger partial charge in [0.1, 0.15) is 23.0 Å². The Labute approximate surface area is 179 Å². The van der Waals surface area contributed by atoms with E-state index in [2.05, 4.69) is 5.16 Å². The molecule has 0 aliphatic heterocycles. The molecule has 0 bridgehead atoms. The number of aromatic nitrogens is 1. The van der Waals surface area contributed by atoms with Crippen LogP contribution in [0.25, 0.3) is 11.3 Å². The van der Waals surface area contributed by atoms with E-state index in [0.717, 1.165) is 0 Å². The van der Waals surface area contributed by atoms with E-state index < -0.39 is 33.9 Å². The maximum Gasteiger partial charge on any atom is 0.248 e. The first kappa shape index (κ1) is 21.9. The van der Waals surface area contributed by atoms with Crippen molar-refractivity contribution in [3.8, 4) is 17.0 Å². The fraction of sp³-hybridized carbons (Fsp3) is 0.500. The van der Waals surface area contributed by atoms with E-state index in [1.165, 1.54) is 23.6 Å². The minimum atomic E-state index is -3.31. The first-order valence-corrected chi connectivity index (χ1v) is 11.9. The number of sulfone groups is 1. The largest absolute Gasteiger partial charge is 0.493 e. The highest BCUT2D eigenvalue weighted by Crippen LogP contribution is 2.41. The van der Waals surface area contributed by atoms with Crippen LogP contribution >= 0.6 is 0 Å². The van der Waals surface area contributed by atoms with Crippen LogP contribution < -0.4 is 4.74 Å². The summed E-state index contributed by atoms with van der Waals surface area (Å²) in [5.74, 6) is -3.54. The van der Waals surface area contributed by atoms with Gasteiger partial charge in [-0.05, 0) is 44.2 Å². The second-order valence-corrected chi connectivity index (χ2v) is 10.5. The van der Waals surface area contributed by atoms with Crippen LogP contribution in [-0.4, -0.2) is 31.4 Å². The van der Waals surface area contributed by atoms with Crippen molar-refractivity contribution in [2.24, 2.45) is 11.8 Å². The van der Waals surface area contributed by atoms with E-state index in [4.69, 9.17) is 9.26 Å². The van der Waals surface area contributed by atoms with Crippen molar-refractivity contribution in [1.82, 2.24) is 5.16 Å². The van der Waals surface area contributed by atoms with Gasteiger partial charge in [0.2, 0.25) is 5.92 Å². The zero-order valence-corrected chi connectivity index (χ0v) is 17.9. The average molecular weight is 455 g/mol. The molecule has 0 spiro atoms. The summed E-state index contributed by atoms with van der Waals surface area (Å²) in [4.78, 5) is 0. The van der Waals surface area contributed by atoms with Gasteiger partial charge in [-0.25, -0.2) is 21.6 Å². The molecule has 4 rings (SSSR count). The van der Waals surface area contributed by atoms with E-state index in [9.17, 15) is 21.6 Å². The number of nitrogens with zero attached hydrogens (tertiary/aromatic N) is 1. The Hall–Kier alpha value is -2.29. The second kappa shape index (κ2) is 8.33. The topological polar surface area (TPSA) is 69.4 Å². The minimum Gasteiger partial charge on any atom is -0.493 e.